The van der Waals surface area contributed by atoms with Crippen LogP contribution >= 0.6 is 11.3 Å². The summed E-state index contributed by atoms with van der Waals surface area (Å²) in [6, 6.07) is 8.39. The lowest BCUT2D eigenvalue weighted by Gasteiger charge is -2.38. The summed E-state index contributed by atoms with van der Waals surface area (Å²) >= 11 is 1.37. The largest absolute Gasteiger partial charge is 0.339 e. The van der Waals surface area contributed by atoms with Crippen molar-refractivity contribution in [3.05, 3.63) is 29.8 Å². The zero-order valence-corrected chi connectivity index (χ0v) is 18.4. The van der Waals surface area contributed by atoms with Gasteiger partial charge in [0, 0.05) is 30.5 Å². The molecule has 0 bridgehead atoms. The molecular weight excluding hydrogens is 396 g/mol. The average molecular weight is 427 g/mol. The number of benzene rings is 1. The highest BCUT2D eigenvalue weighted by Crippen LogP contribution is 2.32. The summed E-state index contributed by atoms with van der Waals surface area (Å²) in [7, 11) is 0. The summed E-state index contributed by atoms with van der Waals surface area (Å²) < 4.78 is 0. The second-order valence-corrected chi connectivity index (χ2v) is 9.51. The first-order valence-corrected chi connectivity index (χ1v) is 11.9. The monoisotopic (exact) mass is 426 g/mol. The number of aromatic nitrogens is 2. The molecule has 2 amide bonds. The third-order valence-electron chi connectivity index (χ3n) is 6.30. The molecule has 0 spiro atoms. The van der Waals surface area contributed by atoms with Crippen LogP contribution in [0.3, 0.4) is 0 Å². The molecule has 6 nitrogen and oxygen atoms in total. The fourth-order valence-electron chi connectivity index (χ4n) is 4.25. The third-order valence-corrected chi connectivity index (χ3v) is 7.19. The molecule has 7 heteroatoms. The van der Waals surface area contributed by atoms with Crippen LogP contribution in [-0.4, -0.2) is 39.5 Å². The minimum Gasteiger partial charge on any atom is -0.339 e. The van der Waals surface area contributed by atoms with Gasteiger partial charge < -0.3 is 10.2 Å². The predicted molar refractivity (Wildman–Crippen MR) is 119 cm³/mol. The quantitative estimate of drug-likeness (QED) is 0.690. The number of carbonyl (C=O) groups is 2. The topological polar surface area (TPSA) is 75.2 Å². The number of aryl methyl sites for hydroxylation is 1. The van der Waals surface area contributed by atoms with Crippen LogP contribution in [0.1, 0.15) is 63.4 Å². The molecule has 2 aliphatic rings. The lowest BCUT2D eigenvalue weighted by molar-refractivity contribution is -0.141. The number of nitrogens with zero attached hydrogens (tertiary/aromatic N) is 3. The molecule has 1 heterocycles. The van der Waals surface area contributed by atoms with Crippen molar-refractivity contribution in [1.29, 1.82) is 0 Å². The Balaban J connectivity index is 1.34. The van der Waals surface area contributed by atoms with Gasteiger partial charge in [0.05, 0.1) is 0 Å². The van der Waals surface area contributed by atoms with Crippen molar-refractivity contribution in [2.75, 3.05) is 11.9 Å². The van der Waals surface area contributed by atoms with Gasteiger partial charge in [-0.25, -0.2) is 0 Å². The molecule has 1 aromatic heterocycles. The fraction of sp³-hybridized carbons (Fsp3) is 0.565. The summed E-state index contributed by atoms with van der Waals surface area (Å²) in [6.45, 7) is 2.54. The SMILES string of the molecule is Cc1ccc(-c2nnc(NC(=O)CCN(C(=O)C3CCC3)C3CCCCC3)s2)cc1. The van der Waals surface area contributed by atoms with Crippen molar-refractivity contribution in [3.63, 3.8) is 0 Å². The van der Waals surface area contributed by atoms with E-state index in [1.54, 1.807) is 0 Å². The minimum absolute atomic E-state index is 0.108. The van der Waals surface area contributed by atoms with Gasteiger partial charge in [-0.15, -0.1) is 10.2 Å². The molecule has 30 heavy (non-hydrogen) atoms. The van der Waals surface area contributed by atoms with Crippen molar-refractivity contribution in [2.45, 2.75) is 70.8 Å². The van der Waals surface area contributed by atoms with Crippen LogP contribution in [0.25, 0.3) is 10.6 Å². The first-order valence-electron chi connectivity index (χ1n) is 11.1. The van der Waals surface area contributed by atoms with Crippen LogP contribution in [0.5, 0.6) is 0 Å². The van der Waals surface area contributed by atoms with E-state index >= 15 is 0 Å². The van der Waals surface area contributed by atoms with Gasteiger partial charge in [0.15, 0.2) is 0 Å². The zero-order chi connectivity index (χ0) is 20.9. The molecule has 1 aromatic carbocycles. The maximum absolute atomic E-state index is 13.0. The summed E-state index contributed by atoms with van der Waals surface area (Å²) in [4.78, 5) is 27.5. The predicted octanol–water partition coefficient (Wildman–Crippen LogP) is 4.80. The number of hydrogen-bond donors (Lipinski definition) is 1. The van der Waals surface area contributed by atoms with Crippen molar-refractivity contribution in [3.8, 4) is 10.6 Å². The Kier molecular flexibility index (Phi) is 6.77. The van der Waals surface area contributed by atoms with Crippen molar-refractivity contribution in [2.24, 2.45) is 5.92 Å². The molecule has 2 fully saturated rings. The molecule has 0 aliphatic heterocycles. The van der Waals surface area contributed by atoms with Crippen LogP contribution < -0.4 is 5.32 Å². The van der Waals surface area contributed by atoms with Gasteiger partial charge in [-0.1, -0.05) is 66.8 Å². The smallest absolute Gasteiger partial charge is 0.227 e. The number of rotatable bonds is 7. The molecular formula is C23H30N4O2S. The van der Waals surface area contributed by atoms with E-state index in [-0.39, 0.29) is 17.7 Å². The Bertz CT molecular complexity index is 870. The average Bonchev–Trinajstić information content (AvgIpc) is 3.16. The van der Waals surface area contributed by atoms with Gasteiger partial charge in [-0.05, 0) is 32.6 Å². The van der Waals surface area contributed by atoms with Crippen LogP contribution in [0.4, 0.5) is 5.13 Å². The summed E-state index contributed by atoms with van der Waals surface area (Å²) in [5, 5.41) is 12.5. The van der Waals surface area contributed by atoms with E-state index in [0.29, 0.717) is 24.1 Å². The molecule has 0 saturated heterocycles. The van der Waals surface area contributed by atoms with Gasteiger partial charge >= 0.3 is 0 Å². The molecule has 0 atom stereocenters. The van der Waals surface area contributed by atoms with E-state index in [1.807, 2.05) is 36.1 Å². The normalized spacial score (nSPS) is 17.4. The minimum atomic E-state index is -0.108. The van der Waals surface area contributed by atoms with Gasteiger partial charge in [-0.3, -0.25) is 9.59 Å². The fourth-order valence-corrected chi connectivity index (χ4v) is 5.01. The Hall–Kier alpha value is -2.28. The highest BCUT2D eigenvalue weighted by molar-refractivity contribution is 7.18. The van der Waals surface area contributed by atoms with Gasteiger partial charge in [-0.2, -0.15) is 0 Å². The number of nitrogens with one attached hydrogen (secondary N) is 1. The van der Waals surface area contributed by atoms with Crippen molar-refractivity contribution < 1.29 is 9.59 Å². The molecule has 2 saturated carbocycles. The Morgan fingerprint density at radius 3 is 2.43 bits per heavy atom. The van der Waals surface area contributed by atoms with E-state index in [9.17, 15) is 9.59 Å². The Morgan fingerprint density at radius 1 is 1.03 bits per heavy atom. The lowest BCUT2D eigenvalue weighted by Crippen LogP contribution is -2.47. The molecule has 160 valence electrons. The maximum atomic E-state index is 13.0. The molecule has 0 unspecified atom stereocenters. The van der Waals surface area contributed by atoms with E-state index in [0.717, 1.165) is 42.7 Å². The Labute approximate surface area is 182 Å². The van der Waals surface area contributed by atoms with Crippen LogP contribution in [0.2, 0.25) is 0 Å². The maximum Gasteiger partial charge on any atom is 0.227 e. The summed E-state index contributed by atoms with van der Waals surface area (Å²) in [5.74, 6) is 0.331. The zero-order valence-electron chi connectivity index (χ0n) is 17.6. The first kappa shape index (κ1) is 21.0. The second kappa shape index (κ2) is 9.69. The van der Waals surface area contributed by atoms with E-state index in [2.05, 4.69) is 15.5 Å². The number of hydrogen-bond acceptors (Lipinski definition) is 5. The van der Waals surface area contributed by atoms with Gasteiger partial charge in [0.1, 0.15) is 5.01 Å². The van der Waals surface area contributed by atoms with Gasteiger partial charge in [0.2, 0.25) is 16.9 Å². The first-order chi connectivity index (χ1) is 14.6. The Morgan fingerprint density at radius 2 is 1.77 bits per heavy atom. The summed E-state index contributed by atoms with van der Waals surface area (Å²) in [5.41, 5.74) is 2.18. The second-order valence-electron chi connectivity index (χ2n) is 8.53. The molecule has 0 radical (unpaired) electrons. The van der Waals surface area contributed by atoms with Crippen molar-refractivity contribution >= 4 is 28.3 Å². The molecule has 4 rings (SSSR count). The third kappa shape index (κ3) is 5.06. The van der Waals surface area contributed by atoms with E-state index in [4.69, 9.17) is 0 Å². The number of anilines is 1. The standard InChI is InChI=1S/C23H30N4O2S/c1-16-10-12-17(13-11-16)21-25-26-23(30-21)24-20(28)14-15-27(19-8-3-2-4-9-19)22(29)18-6-5-7-18/h10-13,18-19H,2-9,14-15H2,1H3,(H,24,26,28). The van der Waals surface area contributed by atoms with Crippen molar-refractivity contribution in [1.82, 2.24) is 15.1 Å². The number of carbonyl (C=O) groups excluding carboxylic acids is 2. The van der Waals surface area contributed by atoms with Gasteiger partial charge in [0.25, 0.3) is 0 Å². The molecule has 1 N–H and O–H groups in total. The lowest BCUT2D eigenvalue weighted by atomic mass is 9.83. The van der Waals surface area contributed by atoms with Crippen LogP contribution in [0.15, 0.2) is 24.3 Å². The number of amides is 2. The van der Waals surface area contributed by atoms with Crippen LogP contribution in [0, 0.1) is 12.8 Å². The molecule has 2 aliphatic carbocycles. The molecule has 2 aromatic rings. The van der Waals surface area contributed by atoms with E-state index in [1.165, 1.54) is 36.2 Å². The van der Waals surface area contributed by atoms with E-state index < -0.39 is 0 Å². The highest BCUT2D eigenvalue weighted by atomic mass is 32.1. The summed E-state index contributed by atoms with van der Waals surface area (Å²) in [6.07, 6.45) is 9.19. The highest BCUT2D eigenvalue weighted by Gasteiger charge is 2.33. The van der Waals surface area contributed by atoms with Crippen LogP contribution in [-0.2, 0) is 9.59 Å².